The predicted molar refractivity (Wildman–Crippen MR) is 99.0 cm³/mol. The molecule has 0 aromatic heterocycles. The van der Waals surface area contributed by atoms with Crippen molar-refractivity contribution in [2.45, 2.75) is 24.9 Å². The Hall–Kier alpha value is -2.89. The quantitative estimate of drug-likeness (QED) is 0.707. The van der Waals surface area contributed by atoms with E-state index >= 15 is 0 Å². The van der Waals surface area contributed by atoms with Crippen LogP contribution in [-0.2, 0) is 10.2 Å². The molecule has 0 radical (unpaired) electrons. The number of carbonyl (C=O) groups is 1. The van der Waals surface area contributed by atoms with Gasteiger partial charge in [0.05, 0.1) is 7.11 Å². The summed E-state index contributed by atoms with van der Waals surface area (Å²) in [6.07, 6.45) is 4.82. The highest BCUT2D eigenvalue weighted by molar-refractivity contribution is 5.92. The number of carbonyl (C=O) groups excluding carboxylic acids is 1. The summed E-state index contributed by atoms with van der Waals surface area (Å²) in [7, 11) is 1.37. The molecule has 0 saturated heterocycles. The van der Waals surface area contributed by atoms with E-state index in [4.69, 9.17) is 4.74 Å². The smallest absolute Gasteiger partial charge is 0.387 e. The van der Waals surface area contributed by atoms with Gasteiger partial charge in [0.1, 0.15) is 0 Å². The summed E-state index contributed by atoms with van der Waals surface area (Å²) in [6, 6.07) is 14.8. The van der Waals surface area contributed by atoms with Crippen molar-refractivity contribution in [2.75, 3.05) is 13.7 Å². The summed E-state index contributed by atoms with van der Waals surface area (Å²) in [5, 5.41) is 2.90. The van der Waals surface area contributed by atoms with Crippen LogP contribution in [0, 0.1) is 0 Å². The van der Waals surface area contributed by atoms with E-state index in [1.807, 2.05) is 18.2 Å². The van der Waals surface area contributed by atoms with Gasteiger partial charge in [-0.15, -0.1) is 0 Å². The standard InChI is InChI=1S/C21H21F2NO3/c1-26-17-9-5-6-15(19(17)27-20(22)23)10-11-18(25)24-14-21(12-13-21)16-7-3-2-4-8-16/h2-11,20H,12-14H2,1H3,(H,24,25)/b11-10+. The zero-order valence-corrected chi connectivity index (χ0v) is 15.0. The second-order valence-corrected chi connectivity index (χ2v) is 6.45. The zero-order valence-electron chi connectivity index (χ0n) is 15.0. The number of amides is 1. The number of alkyl halides is 2. The molecule has 0 bridgehead atoms. The zero-order chi connectivity index (χ0) is 19.3. The molecule has 1 aliphatic carbocycles. The van der Waals surface area contributed by atoms with Crippen molar-refractivity contribution in [3.05, 3.63) is 65.7 Å². The highest BCUT2D eigenvalue weighted by Crippen LogP contribution is 2.47. The molecule has 1 amide bonds. The van der Waals surface area contributed by atoms with Crippen LogP contribution < -0.4 is 14.8 Å². The molecule has 4 nitrogen and oxygen atoms in total. The van der Waals surface area contributed by atoms with Gasteiger partial charge in [0.2, 0.25) is 5.91 Å². The number of rotatable bonds is 8. The number of methoxy groups -OCH3 is 1. The molecule has 142 valence electrons. The van der Waals surface area contributed by atoms with Gasteiger partial charge in [-0.3, -0.25) is 4.79 Å². The minimum atomic E-state index is -2.98. The lowest BCUT2D eigenvalue weighted by Gasteiger charge is -2.16. The number of para-hydroxylation sites is 1. The highest BCUT2D eigenvalue weighted by atomic mass is 19.3. The topological polar surface area (TPSA) is 47.6 Å². The molecule has 6 heteroatoms. The second kappa shape index (κ2) is 8.20. The van der Waals surface area contributed by atoms with Crippen molar-refractivity contribution in [3.63, 3.8) is 0 Å². The highest BCUT2D eigenvalue weighted by Gasteiger charge is 2.44. The summed E-state index contributed by atoms with van der Waals surface area (Å²) < 4.78 is 34.9. The molecular weight excluding hydrogens is 352 g/mol. The van der Waals surface area contributed by atoms with Gasteiger partial charge in [-0.25, -0.2) is 0 Å². The molecule has 1 aliphatic rings. The van der Waals surface area contributed by atoms with Crippen molar-refractivity contribution >= 4 is 12.0 Å². The minimum absolute atomic E-state index is 0.00464. The number of hydrogen-bond acceptors (Lipinski definition) is 3. The molecule has 1 fully saturated rings. The fraction of sp³-hybridized carbons (Fsp3) is 0.286. The van der Waals surface area contributed by atoms with Crippen molar-refractivity contribution in [2.24, 2.45) is 0 Å². The Morgan fingerprint density at radius 1 is 1.19 bits per heavy atom. The van der Waals surface area contributed by atoms with Crippen molar-refractivity contribution in [1.29, 1.82) is 0 Å². The first kappa shape index (κ1) is 18.9. The van der Waals surface area contributed by atoms with E-state index in [-0.39, 0.29) is 22.8 Å². The normalized spacial score (nSPS) is 15.0. The van der Waals surface area contributed by atoms with Crippen LogP contribution in [0.1, 0.15) is 24.0 Å². The summed E-state index contributed by atoms with van der Waals surface area (Å²) in [6.45, 7) is -2.44. The largest absolute Gasteiger partial charge is 0.493 e. The Morgan fingerprint density at radius 3 is 2.56 bits per heavy atom. The average molecular weight is 373 g/mol. The lowest BCUT2D eigenvalue weighted by Crippen LogP contribution is -2.30. The first-order valence-electron chi connectivity index (χ1n) is 8.67. The first-order valence-corrected chi connectivity index (χ1v) is 8.67. The molecule has 3 rings (SSSR count). The molecule has 2 aromatic carbocycles. The van der Waals surface area contributed by atoms with Gasteiger partial charge in [-0.1, -0.05) is 42.5 Å². The Labute approximate surface area is 156 Å². The number of nitrogens with one attached hydrogen (secondary N) is 1. The Morgan fingerprint density at radius 2 is 1.93 bits per heavy atom. The van der Waals surface area contributed by atoms with E-state index in [9.17, 15) is 13.6 Å². The third-order valence-electron chi connectivity index (χ3n) is 4.69. The summed E-state index contributed by atoms with van der Waals surface area (Å²) >= 11 is 0. The SMILES string of the molecule is COc1cccc(/C=C/C(=O)NCC2(c3ccccc3)CC2)c1OC(F)F. The first-order chi connectivity index (χ1) is 13.0. The van der Waals surface area contributed by atoms with Crippen LogP contribution in [0.5, 0.6) is 11.5 Å². The molecule has 0 aliphatic heterocycles. The number of hydrogen-bond donors (Lipinski definition) is 1. The summed E-state index contributed by atoms with van der Waals surface area (Å²) in [4.78, 5) is 12.2. The maximum atomic E-state index is 12.7. The molecule has 0 spiro atoms. The van der Waals surface area contributed by atoms with E-state index in [0.717, 1.165) is 12.8 Å². The van der Waals surface area contributed by atoms with Crippen LogP contribution in [-0.4, -0.2) is 26.2 Å². The Balaban J connectivity index is 1.65. The monoisotopic (exact) mass is 373 g/mol. The molecule has 0 unspecified atom stereocenters. The van der Waals surface area contributed by atoms with E-state index in [1.165, 1.54) is 30.9 Å². The van der Waals surface area contributed by atoms with Gasteiger partial charge in [-0.05, 0) is 30.5 Å². The van der Waals surface area contributed by atoms with Gasteiger partial charge in [0.15, 0.2) is 11.5 Å². The number of halogens is 2. The number of benzene rings is 2. The van der Waals surface area contributed by atoms with E-state index in [1.54, 1.807) is 12.1 Å². The Kier molecular flexibility index (Phi) is 5.74. The van der Waals surface area contributed by atoms with Crippen LogP contribution in [0.15, 0.2) is 54.6 Å². The maximum absolute atomic E-state index is 12.7. The third-order valence-corrected chi connectivity index (χ3v) is 4.69. The van der Waals surface area contributed by atoms with Gasteiger partial charge < -0.3 is 14.8 Å². The Bertz CT molecular complexity index is 817. The summed E-state index contributed by atoms with van der Waals surface area (Å²) in [5.41, 5.74) is 1.56. The predicted octanol–water partition coefficient (Wildman–Crippen LogP) is 4.16. The lowest BCUT2D eigenvalue weighted by atomic mass is 9.96. The van der Waals surface area contributed by atoms with E-state index in [0.29, 0.717) is 12.1 Å². The van der Waals surface area contributed by atoms with Gasteiger partial charge >= 0.3 is 6.61 Å². The molecule has 1 N–H and O–H groups in total. The van der Waals surface area contributed by atoms with Crippen molar-refractivity contribution in [3.8, 4) is 11.5 Å². The van der Waals surface area contributed by atoms with Gasteiger partial charge in [0, 0.05) is 23.6 Å². The molecule has 2 aromatic rings. The van der Waals surface area contributed by atoms with Crippen molar-refractivity contribution < 1.29 is 23.0 Å². The second-order valence-electron chi connectivity index (χ2n) is 6.45. The van der Waals surface area contributed by atoms with Crippen molar-refractivity contribution in [1.82, 2.24) is 5.32 Å². The fourth-order valence-corrected chi connectivity index (χ4v) is 3.03. The molecule has 0 heterocycles. The molecule has 27 heavy (non-hydrogen) atoms. The van der Waals surface area contributed by atoms with Crippen LogP contribution in [0.3, 0.4) is 0 Å². The van der Waals surface area contributed by atoms with Crippen LogP contribution in [0.2, 0.25) is 0 Å². The minimum Gasteiger partial charge on any atom is -0.493 e. The van der Waals surface area contributed by atoms with Crippen LogP contribution in [0.25, 0.3) is 6.08 Å². The van der Waals surface area contributed by atoms with Crippen LogP contribution >= 0.6 is 0 Å². The van der Waals surface area contributed by atoms with Crippen LogP contribution in [0.4, 0.5) is 8.78 Å². The average Bonchev–Trinajstić information content (AvgIpc) is 3.47. The maximum Gasteiger partial charge on any atom is 0.387 e. The third kappa shape index (κ3) is 4.64. The van der Waals surface area contributed by atoms with Gasteiger partial charge in [0.25, 0.3) is 0 Å². The number of ether oxygens (including phenoxy) is 2. The molecule has 0 atom stereocenters. The summed E-state index contributed by atoms with van der Waals surface area (Å²) in [5.74, 6) is -0.205. The molecule has 1 saturated carbocycles. The van der Waals surface area contributed by atoms with E-state index in [2.05, 4.69) is 22.2 Å². The fourth-order valence-electron chi connectivity index (χ4n) is 3.03. The molecular formula is C21H21F2NO3. The lowest BCUT2D eigenvalue weighted by molar-refractivity contribution is -0.116. The van der Waals surface area contributed by atoms with Gasteiger partial charge in [-0.2, -0.15) is 8.78 Å². The van der Waals surface area contributed by atoms with E-state index < -0.39 is 6.61 Å².